The van der Waals surface area contributed by atoms with E-state index in [1.165, 1.54) is 22.8 Å². The van der Waals surface area contributed by atoms with Crippen molar-refractivity contribution >= 4 is 21.8 Å². The number of sulfonamides is 1. The van der Waals surface area contributed by atoms with Crippen molar-refractivity contribution in [1.82, 2.24) is 14.6 Å². The zero-order valence-electron chi connectivity index (χ0n) is 20.4. The van der Waals surface area contributed by atoms with Gasteiger partial charge in [0.15, 0.2) is 0 Å². The normalized spacial score (nSPS) is 14.1. The summed E-state index contributed by atoms with van der Waals surface area (Å²) in [5, 5.41) is 13.9. The molecule has 1 aromatic heterocycles. The number of aliphatic hydroxyl groups is 1. The fourth-order valence-electron chi connectivity index (χ4n) is 3.35. The van der Waals surface area contributed by atoms with E-state index in [2.05, 4.69) is 10.3 Å². The van der Waals surface area contributed by atoms with Gasteiger partial charge in [0.25, 0.3) is 0 Å². The molecule has 2 rings (SSSR count). The van der Waals surface area contributed by atoms with Crippen LogP contribution in [-0.4, -0.2) is 59.7 Å². The fraction of sp³-hybridized carbons (Fsp3) is 0.500. The SMILES string of the molecule is CC(C)CN(C[C@@H](O)[C@H](Cc1ccccc1)NC(=O)OC(C)(C)C)S(=O)(=O)c1cncc(N)c1. The van der Waals surface area contributed by atoms with E-state index in [9.17, 15) is 18.3 Å². The summed E-state index contributed by atoms with van der Waals surface area (Å²) in [6.07, 6.45) is 0.977. The first-order valence-electron chi connectivity index (χ1n) is 11.2. The predicted molar refractivity (Wildman–Crippen MR) is 132 cm³/mol. The van der Waals surface area contributed by atoms with Crippen LogP contribution in [-0.2, 0) is 21.2 Å². The van der Waals surface area contributed by atoms with Crippen LogP contribution in [0.4, 0.5) is 10.5 Å². The lowest BCUT2D eigenvalue weighted by molar-refractivity contribution is 0.0400. The number of hydrogen-bond donors (Lipinski definition) is 3. The number of nitrogens with one attached hydrogen (secondary N) is 1. The lowest BCUT2D eigenvalue weighted by Crippen LogP contribution is -2.52. The lowest BCUT2D eigenvalue weighted by atomic mass is 10.0. The molecule has 34 heavy (non-hydrogen) atoms. The van der Waals surface area contributed by atoms with Gasteiger partial charge in [-0.15, -0.1) is 0 Å². The Hall–Kier alpha value is -2.69. The second-order valence-electron chi connectivity index (χ2n) is 9.68. The van der Waals surface area contributed by atoms with Gasteiger partial charge in [-0.1, -0.05) is 44.2 Å². The molecule has 0 bridgehead atoms. The molecule has 0 aliphatic carbocycles. The average molecular weight is 493 g/mol. The topological polar surface area (TPSA) is 135 Å². The van der Waals surface area contributed by atoms with E-state index < -0.39 is 33.9 Å². The summed E-state index contributed by atoms with van der Waals surface area (Å²) >= 11 is 0. The van der Waals surface area contributed by atoms with Crippen LogP contribution in [0.3, 0.4) is 0 Å². The van der Waals surface area contributed by atoms with Crippen molar-refractivity contribution in [1.29, 1.82) is 0 Å². The number of nitrogens with two attached hydrogens (primary N) is 1. The summed E-state index contributed by atoms with van der Waals surface area (Å²) in [6, 6.07) is 9.87. The number of rotatable bonds is 10. The Kier molecular flexibility index (Phi) is 9.43. The number of carbonyl (C=O) groups excluding carboxylic acids is 1. The molecule has 10 heteroatoms. The van der Waals surface area contributed by atoms with Gasteiger partial charge >= 0.3 is 6.09 Å². The van der Waals surface area contributed by atoms with Gasteiger partial charge in [-0.05, 0) is 44.7 Å². The molecular weight excluding hydrogens is 456 g/mol. The molecule has 0 spiro atoms. The van der Waals surface area contributed by atoms with Crippen LogP contribution < -0.4 is 11.1 Å². The van der Waals surface area contributed by atoms with Crippen LogP contribution in [0.15, 0.2) is 53.7 Å². The summed E-state index contributed by atoms with van der Waals surface area (Å²) in [5.41, 5.74) is 6.12. The van der Waals surface area contributed by atoms with Crippen LogP contribution in [0, 0.1) is 5.92 Å². The molecule has 1 amide bonds. The number of benzene rings is 1. The summed E-state index contributed by atoms with van der Waals surface area (Å²) in [6.45, 7) is 8.92. The van der Waals surface area contributed by atoms with Crippen molar-refractivity contribution in [2.75, 3.05) is 18.8 Å². The number of anilines is 1. The van der Waals surface area contributed by atoms with E-state index in [1.807, 2.05) is 44.2 Å². The third-order valence-electron chi connectivity index (χ3n) is 4.80. The first-order chi connectivity index (χ1) is 15.8. The Balaban J connectivity index is 2.31. The molecule has 0 saturated carbocycles. The van der Waals surface area contributed by atoms with Crippen molar-refractivity contribution in [3.8, 4) is 0 Å². The highest BCUT2D eigenvalue weighted by atomic mass is 32.2. The zero-order chi connectivity index (χ0) is 25.5. The molecule has 0 aliphatic rings. The number of nitrogen functional groups attached to an aromatic ring is 1. The van der Waals surface area contributed by atoms with E-state index >= 15 is 0 Å². The van der Waals surface area contributed by atoms with Crippen molar-refractivity contribution in [3.05, 3.63) is 54.4 Å². The number of aliphatic hydroxyl groups excluding tert-OH is 1. The third-order valence-corrected chi connectivity index (χ3v) is 6.59. The Bertz CT molecular complexity index is 1040. The summed E-state index contributed by atoms with van der Waals surface area (Å²) < 4.78 is 33.3. The monoisotopic (exact) mass is 492 g/mol. The summed E-state index contributed by atoms with van der Waals surface area (Å²) in [4.78, 5) is 16.3. The standard InChI is InChI=1S/C24H36N4O5S/c1-17(2)15-28(34(31,32)20-12-19(25)13-26-14-20)16-22(29)21(11-18-9-7-6-8-10-18)27-23(30)33-24(3,4)5/h6-10,12-14,17,21-22,29H,11,15-16,25H2,1-5H3,(H,27,30)/t21-,22+/m0/s1. The van der Waals surface area contributed by atoms with Gasteiger partial charge in [-0.2, -0.15) is 4.31 Å². The minimum atomic E-state index is -3.99. The molecule has 4 N–H and O–H groups in total. The summed E-state index contributed by atoms with van der Waals surface area (Å²) in [7, 11) is -3.99. The fourth-order valence-corrected chi connectivity index (χ4v) is 4.97. The van der Waals surface area contributed by atoms with E-state index in [4.69, 9.17) is 10.5 Å². The smallest absolute Gasteiger partial charge is 0.407 e. The number of ether oxygens (including phenoxy) is 1. The van der Waals surface area contributed by atoms with E-state index in [-0.39, 0.29) is 36.0 Å². The van der Waals surface area contributed by atoms with Gasteiger partial charge < -0.3 is 20.9 Å². The highest BCUT2D eigenvalue weighted by Gasteiger charge is 2.32. The molecule has 9 nitrogen and oxygen atoms in total. The quantitative estimate of drug-likeness (QED) is 0.464. The van der Waals surface area contributed by atoms with Gasteiger partial charge in [0.05, 0.1) is 17.8 Å². The Morgan fingerprint density at radius 2 is 1.82 bits per heavy atom. The molecule has 2 atom stereocenters. The van der Waals surface area contributed by atoms with Gasteiger partial charge in [-0.25, -0.2) is 13.2 Å². The van der Waals surface area contributed by atoms with E-state index in [1.54, 1.807) is 20.8 Å². The number of aromatic nitrogens is 1. The van der Waals surface area contributed by atoms with Crippen molar-refractivity contribution in [3.63, 3.8) is 0 Å². The maximum absolute atomic E-state index is 13.4. The number of amides is 1. The van der Waals surface area contributed by atoms with Crippen molar-refractivity contribution < 1.29 is 23.1 Å². The maximum atomic E-state index is 13.4. The minimum Gasteiger partial charge on any atom is -0.444 e. The molecule has 0 saturated heterocycles. The zero-order valence-corrected chi connectivity index (χ0v) is 21.2. The number of alkyl carbamates (subject to hydrolysis) is 1. The highest BCUT2D eigenvalue weighted by molar-refractivity contribution is 7.89. The maximum Gasteiger partial charge on any atom is 0.407 e. The molecule has 0 aliphatic heterocycles. The number of carbonyl (C=O) groups is 1. The van der Waals surface area contributed by atoms with Gasteiger partial charge in [0.1, 0.15) is 10.5 Å². The first-order valence-corrected chi connectivity index (χ1v) is 12.6. The molecule has 1 aromatic carbocycles. The molecule has 0 radical (unpaired) electrons. The largest absolute Gasteiger partial charge is 0.444 e. The van der Waals surface area contributed by atoms with Crippen molar-refractivity contribution in [2.24, 2.45) is 5.92 Å². The number of hydrogen-bond acceptors (Lipinski definition) is 7. The van der Waals surface area contributed by atoms with Gasteiger partial charge in [0, 0.05) is 25.5 Å². The van der Waals surface area contributed by atoms with E-state index in [0.29, 0.717) is 0 Å². The number of nitrogens with zero attached hydrogens (tertiary/aromatic N) is 2. The molecule has 0 fully saturated rings. The van der Waals surface area contributed by atoms with Crippen LogP contribution in [0.1, 0.15) is 40.2 Å². The van der Waals surface area contributed by atoms with Crippen LogP contribution in [0.2, 0.25) is 0 Å². The minimum absolute atomic E-state index is 0.0117. The molecule has 188 valence electrons. The molecule has 2 aromatic rings. The predicted octanol–water partition coefficient (Wildman–Crippen LogP) is 2.81. The molecule has 1 heterocycles. The van der Waals surface area contributed by atoms with Crippen LogP contribution in [0.25, 0.3) is 0 Å². The Morgan fingerprint density at radius 1 is 1.18 bits per heavy atom. The van der Waals surface area contributed by atoms with Gasteiger partial charge in [-0.3, -0.25) is 4.98 Å². The Labute approximate surface area is 202 Å². The summed E-state index contributed by atoms with van der Waals surface area (Å²) in [5.74, 6) is -0.0117. The molecular formula is C24H36N4O5S. The number of pyridine rings is 1. The first kappa shape index (κ1) is 27.6. The highest BCUT2D eigenvalue weighted by Crippen LogP contribution is 2.20. The van der Waals surface area contributed by atoms with Gasteiger partial charge in [0.2, 0.25) is 10.0 Å². The third kappa shape index (κ3) is 8.58. The lowest BCUT2D eigenvalue weighted by Gasteiger charge is -2.31. The van der Waals surface area contributed by atoms with Crippen molar-refractivity contribution in [2.45, 2.75) is 63.7 Å². The Morgan fingerprint density at radius 3 is 2.38 bits per heavy atom. The van der Waals surface area contributed by atoms with Crippen LogP contribution >= 0.6 is 0 Å². The van der Waals surface area contributed by atoms with E-state index in [0.717, 1.165) is 5.56 Å². The van der Waals surface area contributed by atoms with Crippen LogP contribution in [0.5, 0.6) is 0 Å². The average Bonchev–Trinajstić information content (AvgIpc) is 2.71. The molecule has 0 unspecified atom stereocenters. The second-order valence-corrected chi connectivity index (χ2v) is 11.6. The second kappa shape index (κ2) is 11.6.